The zero-order valence-electron chi connectivity index (χ0n) is 11.2. The topological polar surface area (TPSA) is 29.5 Å². The molecule has 2 heterocycles. The van der Waals surface area contributed by atoms with Crippen LogP contribution in [0.15, 0.2) is 18.2 Å². The van der Waals surface area contributed by atoms with Crippen LogP contribution in [0, 0.1) is 0 Å². The number of anilines is 1. The van der Waals surface area contributed by atoms with Crippen LogP contribution in [0.5, 0.6) is 0 Å². The summed E-state index contributed by atoms with van der Waals surface area (Å²) in [6.07, 6.45) is 0.997. The second-order valence-corrected chi connectivity index (χ2v) is 5.70. The first-order valence-electron chi connectivity index (χ1n) is 6.60. The van der Waals surface area contributed by atoms with Gasteiger partial charge in [-0.3, -0.25) is 4.79 Å². The molecule has 0 saturated carbocycles. The minimum Gasteiger partial charge on any atom is -0.377 e. The van der Waals surface area contributed by atoms with Crippen LogP contribution in [0.2, 0.25) is 0 Å². The summed E-state index contributed by atoms with van der Waals surface area (Å²) in [6, 6.07) is 6.64. The van der Waals surface area contributed by atoms with E-state index >= 15 is 0 Å². The molecule has 0 bridgehead atoms. The Morgan fingerprint density at radius 2 is 2.11 bits per heavy atom. The maximum Gasteiger partial charge on any atom is 0.237 e. The first-order chi connectivity index (χ1) is 8.55. The average molecular weight is 245 g/mol. The largest absolute Gasteiger partial charge is 0.377 e. The van der Waals surface area contributed by atoms with Crippen LogP contribution in [-0.4, -0.2) is 25.2 Å². The number of carbonyl (C=O) groups is 1. The lowest BCUT2D eigenvalue weighted by Crippen LogP contribution is -2.52. The summed E-state index contributed by atoms with van der Waals surface area (Å²) in [5.41, 5.74) is 3.12. The summed E-state index contributed by atoms with van der Waals surface area (Å²) in [6.45, 7) is 7.49. The van der Waals surface area contributed by atoms with Crippen molar-refractivity contribution in [1.29, 1.82) is 0 Å². The Hall–Kier alpha value is -1.35. The highest BCUT2D eigenvalue weighted by molar-refractivity contribution is 6.08. The molecule has 0 N–H and O–H groups in total. The second kappa shape index (κ2) is 3.82. The predicted molar refractivity (Wildman–Crippen MR) is 70.9 cm³/mol. The van der Waals surface area contributed by atoms with Gasteiger partial charge in [-0.2, -0.15) is 0 Å². The van der Waals surface area contributed by atoms with Crippen molar-refractivity contribution >= 4 is 11.6 Å². The van der Waals surface area contributed by atoms with E-state index in [0.717, 1.165) is 17.7 Å². The molecule has 0 spiro atoms. The Balaban J connectivity index is 2.11. The van der Waals surface area contributed by atoms with E-state index in [4.69, 9.17) is 4.74 Å². The summed E-state index contributed by atoms with van der Waals surface area (Å²) in [7, 11) is 0. The summed E-state index contributed by atoms with van der Waals surface area (Å²) in [5.74, 6) is 0.207. The van der Waals surface area contributed by atoms with Gasteiger partial charge in [0, 0.05) is 5.69 Å². The van der Waals surface area contributed by atoms with Gasteiger partial charge in [-0.05, 0) is 37.5 Å². The maximum atomic E-state index is 12.6. The number of amides is 1. The van der Waals surface area contributed by atoms with Crippen molar-refractivity contribution in [2.45, 2.75) is 38.6 Å². The number of hydrogen-bond donors (Lipinski definition) is 0. The molecule has 3 heteroatoms. The maximum absolute atomic E-state index is 12.6. The Labute approximate surface area is 108 Å². The Bertz CT molecular complexity index is 503. The van der Waals surface area contributed by atoms with Crippen LogP contribution >= 0.6 is 0 Å². The molecule has 3 rings (SSSR count). The summed E-state index contributed by atoms with van der Waals surface area (Å²) in [4.78, 5) is 14.5. The van der Waals surface area contributed by atoms with E-state index in [0.29, 0.717) is 13.2 Å². The van der Waals surface area contributed by atoms with Crippen molar-refractivity contribution in [3.05, 3.63) is 29.3 Å². The molecule has 0 atom stereocenters. The van der Waals surface area contributed by atoms with Crippen molar-refractivity contribution in [3.63, 3.8) is 0 Å². The lowest BCUT2D eigenvalue weighted by molar-refractivity contribution is -0.124. The van der Waals surface area contributed by atoms with E-state index in [1.165, 1.54) is 5.56 Å². The fraction of sp³-hybridized carbons (Fsp3) is 0.533. The molecule has 1 aromatic rings. The number of nitrogens with zero attached hydrogens (tertiary/aromatic N) is 1. The van der Waals surface area contributed by atoms with Gasteiger partial charge in [0.05, 0.1) is 24.7 Å². The third-order valence-electron chi connectivity index (χ3n) is 4.14. The van der Waals surface area contributed by atoms with Crippen LogP contribution in [-0.2, 0) is 21.4 Å². The minimum atomic E-state index is -0.406. The van der Waals surface area contributed by atoms with Gasteiger partial charge in [-0.15, -0.1) is 0 Å². The van der Waals surface area contributed by atoms with Gasteiger partial charge in [0.1, 0.15) is 0 Å². The molecule has 0 aliphatic carbocycles. The van der Waals surface area contributed by atoms with Crippen LogP contribution < -0.4 is 4.90 Å². The fourth-order valence-corrected chi connectivity index (χ4v) is 2.79. The van der Waals surface area contributed by atoms with Crippen molar-refractivity contribution in [1.82, 2.24) is 0 Å². The number of aryl methyl sites for hydroxylation is 1. The number of benzene rings is 1. The van der Waals surface area contributed by atoms with Crippen molar-refractivity contribution in [3.8, 4) is 0 Å². The third kappa shape index (κ3) is 1.43. The zero-order valence-corrected chi connectivity index (χ0v) is 11.2. The lowest BCUT2D eigenvalue weighted by Gasteiger charge is -2.35. The molecule has 1 saturated heterocycles. The Morgan fingerprint density at radius 1 is 1.39 bits per heavy atom. The molecule has 0 unspecified atom stereocenters. The number of hydrogen-bond acceptors (Lipinski definition) is 2. The standard InChI is InChI=1S/C15H19NO2/c1-4-10-5-6-12-13(7-10)16(11-8-18-9-11)14(17)15(12,2)3/h5-7,11H,4,8-9H2,1-3H3. The number of rotatable bonds is 2. The van der Waals surface area contributed by atoms with Crippen LogP contribution in [0.1, 0.15) is 31.9 Å². The molecule has 1 amide bonds. The van der Waals surface area contributed by atoms with E-state index < -0.39 is 5.41 Å². The van der Waals surface area contributed by atoms with Gasteiger partial charge in [-0.1, -0.05) is 19.1 Å². The number of fused-ring (bicyclic) bond motifs is 1. The fourth-order valence-electron chi connectivity index (χ4n) is 2.79. The highest BCUT2D eigenvalue weighted by atomic mass is 16.5. The molecular weight excluding hydrogens is 226 g/mol. The molecule has 0 radical (unpaired) electrons. The van der Waals surface area contributed by atoms with E-state index in [1.54, 1.807) is 0 Å². The van der Waals surface area contributed by atoms with Gasteiger partial charge >= 0.3 is 0 Å². The van der Waals surface area contributed by atoms with Gasteiger partial charge in [0.2, 0.25) is 5.91 Å². The van der Waals surface area contributed by atoms with E-state index in [-0.39, 0.29) is 11.9 Å². The molecule has 18 heavy (non-hydrogen) atoms. The Kier molecular flexibility index (Phi) is 2.49. The van der Waals surface area contributed by atoms with Crippen molar-refractivity contribution < 1.29 is 9.53 Å². The van der Waals surface area contributed by atoms with Gasteiger partial charge in [-0.25, -0.2) is 0 Å². The first kappa shape index (κ1) is 11.7. The van der Waals surface area contributed by atoms with E-state index in [9.17, 15) is 4.79 Å². The van der Waals surface area contributed by atoms with Crippen molar-refractivity contribution in [2.24, 2.45) is 0 Å². The SMILES string of the molecule is CCc1ccc2c(c1)N(C1COC1)C(=O)C2(C)C. The lowest BCUT2D eigenvalue weighted by atomic mass is 9.86. The van der Waals surface area contributed by atoms with E-state index in [1.807, 2.05) is 18.7 Å². The van der Waals surface area contributed by atoms with Gasteiger partial charge < -0.3 is 9.64 Å². The minimum absolute atomic E-state index is 0.207. The van der Waals surface area contributed by atoms with Gasteiger partial charge in [0.25, 0.3) is 0 Å². The molecule has 1 aromatic carbocycles. The molecule has 0 aromatic heterocycles. The van der Waals surface area contributed by atoms with E-state index in [2.05, 4.69) is 25.1 Å². The smallest absolute Gasteiger partial charge is 0.237 e. The first-order valence-corrected chi connectivity index (χ1v) is 6.60. The summed E-state index contributed by atoms with van der Waals surface area (Å²) >= 11 is 0. The quantitative estimate of drug-likeness (QED) is 0.800. The van der Waals surface area contributed by atoms with Crippen molar-refractivity contribution in [2.75, 3.05) is 18.1 Å². The van der Waals surface area contributed by atoms with Crippen LogP contribution in [0.25, 0.3) is 0 Å². The number of ether oxygens (including phenoxy) is 1. The van der Waals surface area contributed by atoms with Crippen LogP contribution in [0.3, 0.4) is 0 Å². The molecule has 1 fully saturated rings. The highest BCUT2D eigenvalue weighted by Crippen LogP contribution is 2.43. The molecule has 3 nitrogen and oxygen atoms in total. The summed E-state index contributed by atoms with van der Waals surface area (Å²) < 4.78 is 5.24. The summed E-state index contributed by atoms with van der Waals surface area (Å²) in [5, 5.41) is 0. The zero-order chi connectivity index (χ0) is 12.9. The monoisotopic (exact) mass is 245 g/mol. The van der Waals surface area contributed by atoms with Crippen LogP contribution in [0.4, 0.5) is 5.69 Å². The normalized spacial score (nSPS) is 21.9. The van der Waals surface area contributed by atoms with Gasteiger partial charge in [0.15, 0.2) is 0 Å². The Morgan fingerprint density at radius 3 is 2.67 bits per heavy atom. The molecular formula is C15H19NO2. The highest BCUT2D eigenvalue weighted by Gasteiger charge is 2.47. The molecule has 96 valence electrons. The third-order valence-corrected chi connectivity index (χ3v) is 4.14. The molecule has 2 aliphatic rings. The average Bonchev–Trinajstić information content (AvgIpc) is 2.48. The second-order valence-electron chi connectivity index (χ2n) is 5.70. The molecule has 2 aliphatic heterocycles. The number of carbonyl (C=O) groups excluding carboxylic acids is 1. The predicted octanol–water partition coefficient (Wildman–Crippen LogP) is 2.27.